The summed E-state index contributed by atoms with van der Waals surface area (Å²) in [6.45, 7) is 2.30. The van der Waals surface area contributed by atoms with Gasteiger partial charge < -0.3 is 9.30 Å². The van der Waals surface area contributed by atoms with Crippen LogP contribution in [0, 0.1) is 41.3 Å². The maximum atomic E-state index is 13.7. The van der Waals surface area contributed by atoms with Crippen molar-refractivity contribution in [3.8, 4) is 23.4 Å². The Labute approximate surface area is 184 Å². The minimum Gasteiger partial charge on any atom is -0.364 e. The van der Waals surface area contributed by atoms with Crippen LogP contribution in [0.2, 0.25) is 0 Å². The standard InChI is InChI=1S/C25H20FN3OS/c1-16-5-10-20-21(12-16)29(15-30-2)25(17-6-8-19(26)9-7-17)24(20)23(18(13-27)14-28)22-4-3-11-31-22/h3-12,18,23H,15H2,1-2H3. The summed E-state index contributed by atoms with van der Waals surface area (Å²) in [7, 11) is 1.62. The Balaban J connectivity index is 2.14. The van der Waals surface area contributed by atoms with Crippen LogP contribution in [0.15, 0.2) is 60.0 Å². The van der Waals surface area contributed by atoms with Gasteiger partial charge in [0.15, 0.2) is 0 Å². The fraction of sp³-hybridized carbons (Fsp3) is 0.200. The molecule has 0 aliphatic carbocycles. The molecule has 0 fully saturated rings. The highest BCUT2D eigenvalue weighted by Gasteiger charge is 2.33. The van der Waals surface area contributed by atoms with Crippen molar-refractivity contribution < 1.29 is 9.13 Å². The lowest BCUT2D eigenvalue weighted by Crippen LogP contribution is -2.12. The van der Waals surface area contributed by atoms with Crippen LogP contribution in [0.1, 0.15) is 21.9 Å². The minimum atomic E-state index is -0.874. The summed E-state index contributed by atoms with van der Waals surface area (Å²) in [5, 5.41) is 22.6. The lowest BCUT2D eigenvalue weighted by atomic mass is 9.83. The first-order chi connectivity index (χ1) is 15.1. The van der Waals surface area contributed by atoms with Gasteiger partial charge in [-0.25, -0.2) is 4.39 Å². The van der Waals surface area contributed by atoms with E-state index in [4.69, 9.17) is 4.74 Å². The van der Waals surface area contributed by atoms with Crippen molar-refractivity contribution >= 4 is 22.2 Å². The van der Waals surface area contributed by atoms with E-state index in [9.17, 15) is 14.9 Å². The van der Waals surface area contributed by atoms with Crippen molar-refractivity contribution in [1.29, 1.82) is 10.5 Å². The number of thiophene rings is 1. The number of methoxy groups -OCH3 is 1. The van der Waals surface area contributed by atoms with Crippen molar-refractivity contribution in [3.05, 3.63) is 81.8 Å². The zero-order valence-electron chi connectivity index (χ0n) is 17.2. The second-order valence-corrected chi connectivity index (χ2v) is 8.34. The molecule has 4 rings (SSSR count). The first-order valence-corrected chi connectivity index (χ1v) is 10.7. The van der Waals surface area contributed by atoms with Gasteiger partial charge >= 0.3 is 0 Å². The Morgan fingerprint density at radius 1 is 1.10 bits per heavy atom. The molecule has 0 bridgehead atoms. The number of hydrogen-bond donors (Lipinski definition) is 0. The number of nitrogens with zero attached hydrogens (tertiary/aromatic N) is 3. The zero-order chi connectivity index (χ0) is 22.0. The van der Waals surface area contributed by atoms with Crippen LogP contribution in [0.3, 0.4) is 0 Å². The molecule has 0 saturated carbocycles. The number of aryl methyl sites for hydroxylation is 1. The SMILES string of the molecule is COCn1c(-c2ccc(F)cc2)c(C(c2cccs2)C(C#N)C#N)c2ccc(C)cc21. The summed E-state index contributed by atoms with van der Waals surface area (Å²) in [5.41, 5.74) is 4.56. The number of nitriles is 2. The third-order valence-corrected chi connectivity index (χ3v) is 6.36. The molecule has 0 amide bonds. The molecule has 2 heterocycles. The van der Waals surface area contributed by atoms with Gasteiger partial charge in [0, 0.05) is 17.4 Å². The molecule has 0 N–H and O–H groups in total. The molecule has 6 heteroatoms. The molecule has 0 aliphatic rings. The number of fused-ring (bicyclic) bond motifs is 1. The first-order valence-electron chi connectivity index (χ1n) is 9.79. The van der Waals surface area contributed by atoms with E-state index in [1.165, 1.54) is 23.5 Å². The fourth-order valence-corrected chi connectivity index (χ4v) is 4.97. The molecule has 0 spiro atoms. The molecular formula is C25H20FN3OS. The van der Waals surface area contributed by atoms with Gasteiger partial charge in [-0.05, 0) is 65.4 Å². The second-order valence-electron chi connectivity index (χ2n) is 7.36. The largest absolute Gasteiger partial charge is 0.364 e. The van der Waals surface area contributed by atoms with Gasteiger partial charge in [-0.2, -0.15) is 10.5 Å². The molecule has 2 aromatic heterocycles. The first kappa shape index (κ1) is 20.8. The van der Waals surface area contributed by atoms with Crippen LogP contribution in [0.4, 0.5) is 4.39 Å². The topological polar surface area (TPSA) is 61.7 Å². The Kier molecular flexibility index (Phi) is 5.86. The average molecular weight is 430 g/mol. The van der Waals surface area contributed by atoms with Crippen molar-refractivity contribution in [2.75, 3.05) is 7.11 Å². The van der Waals surface area contributed by atoms with Crippen LogP contribution >= 0.6 is 11.3 Å². The molecule has 0 aliphatic heterocycles. The van der Waals surface area contributed by atoms with Gasteiger partial charge in [-0.15, -0.1) is 11.3 Å². The quantitative estimate of drug-likeness (QED) is 0.366. The van der Waals surface area contributed by atoms with E-state index in [2.05, 4.69) is 18.2 Å². The monoisotopic (exact) mass is 429 g/mol. The molecule has 154 valence electrons. The number of ether oxygens (including phenoxy) is 1. The van der Waals surface area contributed by atoms with Crippen LogP contribution < -0.4 is 0 Å². The third-order valence-electron chi connectivity index (χ3n) is 5.41. The lowest BCUT2D eigenvalue weighted by molar-refractivity contribution is 0.136. The van der Waals surface area contributed by atoms with Gasteiger partial charge in [-0.3, -0.25) is 0 Å². The molecule has 4 nitrogen and oxygen atoms in total. The number of halogens is 1. The van der Waals surface area contributed by atoms with E-state index < -0.39 is 11.8 Å². The summed E-state index contributed by atoms with van der Waals surface area (Å²) in [6, 6.07) is 20.7. The van der Waals surface area contributed by atoms with Gasteiger partial charge in [-0.1, -0.05) is 18.2 Å². The van der Waals surface area contributed by atoms with Crippen LogP contribution in [0.25, 0.3) is 22.2 Å². The van der Waals surface area contributed by atoms with E-state index in [0.29, 0.717) is 0 Å². The Bertz CT molecular complexity index is 1280. The Morgan fingerprint density at radius 2 is 1.84 bits per heavy atom. The average Bonchev–Trinajstić information content (AvgIpc) is 3.40. The number of benzene rings is 2. The Morgan fingerprint density at radius 3 is 2.45 bits per heavy atom. The maximum absolute atomic E-state index is 13.7. The van der Waals surface area contributed by atoms with Gasteiger partial charge in [0.1, 0.15) is 18.5 Å². The molecule has 2 aromatic carbocycles. The highest BCUT2D eigenvalue weighted by Crippen LogP contribution is 2.45. The van der Waals surface area contributed by atoms with Crippen molar-refractivity contribution in [1.82, 2.24) is 4.57 Å². The third kappa shape index (κ3) is 3.72. The van der Waals surface area contributed by atoms with Crippen molar-refractivity contribution in [2.45, 2.75) is 19.6 Å². The fourth-order valence-electron chi connectivity index (χ4n) is 4.10. The predicted molar refractivity (Wildman–Crippen MR) is 120 cm³/mol. The number of rotatable bonds is 6. The molecule has 4 aromatic rings. The Hall–Kier alpha value is -3.45. The van der Waals surface area contributed by atoms with E-state index in [1.807, 2.05) is 41.1 Å². The highest BCUT2D eigenvalue weighted by molar-refractivity contribution is 7.10. The molecule has 1 unspecified atom stereocenters. The molecule has 31 heavy (non-hydrogen) atoms. The van der Waals surface area contributed by atoms with Crippen LogP contribution in [-0.2, 0) is 11.5 Å². The zero-order valence-corrected chi connectivity index (χ0v) is 18.0. The van der Waals surface area contributed by atoms with E-state index in [0.717, 1.165) is 38.2 Å². The van der Waals surface area contributed by atoms with Gasteiger partial charge in [0.05, 0.1) is 29.3 Å². The maximum Gasteiger partial charge on any atom is 0.145 e. The number of hydrogen-bond acceptors (Lipinski definition) is 4. The van der Waals surface area contributed by atoms with Crippen molar-refractivity contribution in [3.63, 3.8) is 0 Å². The summed E-state index contributed by atoms with van der Waals surface area (Å²) < 4.78 is 21.3. The molecule has 1 atom stereocenters. The van der Waals surface area contributed by atoms with Crippen LogP contribution in [-0.4, -0.2) is 11.7 Å². The summed E-state index contributed by atoms with van der Waals surface area (Å²) in [4.78, 5) is 0.938. The summed E-state index contributed by atoms with van der Waals surface area (Å²) in [5.74, 6) is -1.64. The summed E-state index contributed by atoms with van der Waals surface area (Å²) in [6.07, 6.45) is 0. The van der Waals surface area contributed by atoms with Gasteiger partial charge in [0.2, 0.25) is 0 Å². The second kappa shape index (κ2) is 8.73. The van der Waals surface area contributed by atoms with E-state index >= 15 is 0 Å². The smallest absolute Gasteiger partial charge is 0.145 e. The van der Waals surface area contributed by atoms with E-state index in [1.54, 1.807) is 19.2 Å². The minimum absolute atomic E-state index is 0.285. The van der Waals surface area contributed by atoms with Gasteiger partial charge in [0.25, 0.3) is 0 Å². The van der Waals surface area contributed by atoms with Crippen LogP contribution in [0.5, 0.6) is 0 Å². The highest BCUT2D eigenvalue weighted by atomic mass is 32.1. The molecule has 0 saturated heterocycles. The number of aromatic nitrogens is 1. The lowest BCUT2D eigenvalue weighted by Gasteiger charge is -2.19. The van der Waals surface area contributed by atoms with Crippen molar-refractivity contribution in [2.24, 2.45) is 5.92 Å². The predicted octanol–water partition coefficient (Wildman–Crippen LogP) is 6.22. The normalized spacial score (nSPS) is 12.1. The molecular weight excluding hydrogens is 409 g/mol. The van der Waals surface area contributed by atoms with E-state index in [-0.39, 0.29) is 12.5 Å². The summed E-state index contributed by atoms with van der Waals surface area (Å²) >= 11 is 1.52. The molecule has 0 radical (unpaired) electrons.